The molecule has 1 amide bonds. The van der Waals surface area contributed by atoms with Crippen molar-refractivity contribution in [3.05, 3.63) is 125 Å². The summed E-state index contributed by atoms with van der Waals surface area (Å²) in [5.41, 5.74) is 2.56. The van der Waals surface area contributed by atoms with Gasteiger partial charge in [-0.2, -0.15) is 0 Å². The van der Waals surface area contributed by atoms with E-state index >= 15 is 0 Å². The monoisotopic (exact) mass is 551 g/mol. The van der Waals surface area contributed by atoms with Crippen LogP contribution in [0.2, 0.25) is 0 Å². The third-order valence-electron chi connectivity index (χ3n) is 6.25. The van der Waals surface area contributed by atoms with Crippen molar-refractivity contribution in [3.8, 4) is 16.9 Å². The maximum atomic E-state index is 13.4. The number of amides is 1. The lowest BCUT2D eigenvalue weighted by molar-refractivity contribution is 0.0473. The summed E-state index contributed by atoms with van der Waals surface area (Å²) in [4.78, 5) is 38.6. The number of carbonyl (C=O) groups excluding carboxylic acids is 2. The number of rotatable bonds is 10. The van der Waals surface area contributed by atoms with E-state index in [1.54, 1.807) is 24.3 Å². The van der Waals surface area contributed by atoms with E-state index in [2.05, 4.69) is 5.32 Å². The molecule has 0 unspecified atom stereocenters. The Hall–Kier alpha value is -4.91. The van der Waals surface area contributed by atoms with Gasteiger partial charge in [0.05, 0.1) is 11.1 Å². The molecule has 0 aliphatic heterocycles. The molecule has 0 atom stereocenters. The number of aromatic carboxylic acids is 1. The molecule has 0 bridgehead atoms. The number of hydrogen-bond acceptors (Lipinski definition) is 5. The Labute approximate surface area is 239 Å². The lowest BCUT2D eigenvalue weighted by Crippen LogP contribution is -2.32. The van der Waals surface area contributed by atoms with Crippen LogP contribution in [0, 0.1) is 5.41 Å². The molecule has 0 radical (unpaired) electrons. The summed E-state index contributed by atoms with van der Waals surface area (Å²) >= 11 is 0. The van der Waals surface area contributed by atoms with Gasteiger partial charge in [0.2, 0.25) is 0 Å². The molecule has 7 nitrogen and oxygen atoms in total. The number of nitrogens with one attached hydrogen (secondary N) is 1. The van der Waals surface area contributed by atoms with Gasteiger partial charge in [0.15, 0.2) is 0 Å². The van der Waals surface area contributed by atoms with Gasteiger partial charge in [-0.3, -0.25) is 4.79 Å². The van der Waals surface area contributed by atoms with Gasteiger partial charge in [-0.25, -0.2) is 9.59 Å². The van der Waals surface area contributed by atoms with E-state index in [4.69, 9.17) is 9.47 Å². The first-order chi connectivity index (χ1) is 19.6. The van der Waals surface area contributed by atoms with Crippen LogP contribution in [0.5, 0.6) is 5.75 Å². The minimum absolute atomic E-state index is 0.0254. The van der Waals surface area contributed by atoms with Crippen molar-refractivity contribution in [2.75, 3.05) is 6.54 Å². The SMILES string of the molecule is CC(C)(C)CNC(=O)c1ccc(-c2ccc(OCc3ccccc3)cc2C(=O)O)c(C(=O)OCc2ccccc2)c1. The summed E-state index contributed by atoms with van der Waals surface area (Å²) in [5, 5.41) is 13.0. The summed E-state index contributed by atoms with van der Waals surface area (Å²) in [6, 6.07) is 28.1. The topological polar surface area (TPSA) is 102 Å². The maximum absolute atomic E-state index is 13.4. The molecule has 0 heterocycles. The fourth-order valence-corrected chi connectivity index (χ4v) is 4.10. The van der Waals surface area contributed by atoms with Gasteiger partial charge < -0.3 is 19.9 Å². The van der Waals surface area contributed by atoms with Crippen LogP contribution in [-0.4, -0.2) is 29.5 Å². The van der Waals surface area contributed by atoms with Crippen LogP contribution in [0.1, 0.15) is 63.0 Å². The number of carboxylic acids is 1. The largest absolute Gasteiger partial charge is 0.489 e. The molecule has 4 rings (SSSR count). The number of hydrogen-bond donors (Lipinski definition) is 2. The first-order valence-electron chi connectivity index (χ1n) is 13.3. The smallest absolute Gasteiger partial charge is 0.339 e. The first-order valence-corrected chi connectivity index (χ1v) is 13.3. The Morgan fingerprint density at radius 1 is 0.732 bits per heavy atom. The predicted molar refractivity (Wildman–Crippen MR) is 157 cm³/mol. The molecule has 0 spiro atoms. The lowest BCUT2D eigenvalue weighted by Gasteiger charge is -2.19. The predicted octanol–water partition coefficient (Wildman–Crippen LogP) is 6.76. The van der Waals surface area contributed by atoms with Gasteiger partial charge in [0.25, 0.3) is 5.91 Å². The third-order valence-corrected chi connectivity index (χ3v) is 6.25. The van der Waals surface area contributed by atoms with Crippen LogP contribution < -0.4 is 10.1 Å². The Bertz CT molecular complexity index is 1520. The zero-order chi connectivity index (χ0) is 29.4. The quantitative estimate of drug-likeness (QED) is 0.211. The number of benzene rings is 4. The van der Waals surface area contributed by atoms with Gasteiger partial charge in [0, 0.05) is 12.1 Å². The average molecular weight is 552 g/mol. The lowest BCUT2D eigenvalue weighted by atomic mass is 9.93. The molecular formula is C34H33NO6. The second-order valence-electron chi connectivity index (χ2n) is 10.9. The zero-order valence-corrected chi connectivity index (χ0v) is 23.3. The van der Waals surface area contributed by atoms with Crippen LogP contribution in [0.4, 0.5) is 0 Å². The Balaban J connectivity index is 1.68. The third kappa shape index (κ3) is 8.05. The molecule has 4 aromatic carbocycles. The minimum atomic E-state index is -1.18. The van der Waals surface area contributed by atoms with Gasteiger partial charge in [0.1, 0.15) is 19.0 Å². The van der Waals surface area contributed by atoms with Crippen molar-refractivity contribution in [3.63, 3.8) is 0 Å². The normalized spacial score (nSPS) is 11.0. The molecule has 210 valence electrons. The summed E-state index contributed by atoms with van der Waals surface area (Å²) in [7, 11) is 0. The van der Waals surface area contributed by atoms with Crippen molar-refractivity contribution in [1.82, 2.24) is 5.32 Å². The van der Waals surface area contributed by atoms with E-state index in [-0.39, 0.29) is 41.2 Å². The second-order valence-corrected chi connectivity index (χ2v) is 10.9. The van der Waals surface area contributed by atoms with Crippen LogP contribution in [0.25, 0.3) is 11.1 Å². The van der Waals surface area contributed by atoms with Gasteiger partial charge >= 0.3 is 11.9 Å². The highest BCUT2D eigenvalue weighted by atomic mass is 16.5. The van der Waals surface area contributed by atoms with E-state index in [9.17, 15) is 19.5 Å². The number of esters is 1. The van der Waals surface area contributed by atoms with E-state index in [0.29, 0.717) is 23.4 Å². The molecule has 0 saturated carbocycles. The van der Waals surface area contributed by atoms with Crippen LogP contribution in [0.15, 0.2) is 97.1 Å². The molecule has 2 N–H and O–H groups in total. The molecule has 0 aliphatic rings. The number of ether oxygens (including phenoxy) is 2. The molecule has 0 aliphatic carbocycles. The van der Waals surface area contributed by atoms with Crippen molar-refractivity contribution in [2.24, 2.45) is 5.41 Å². The van der Waals surface area contributed by atoms with Crippen molar-refractivity contribution < 1.29 is 29.0 Å². The van der Waals surface area contributed by atoms with Crippen LogP contribution in [-0.2, 0) is 18.0 Å². The van der Waals surface area contributed by atoms with Crippen LogP contribution >= 0.6 is 0 Å². The van der Waals surface area contributed by atoms with E-state index in [1.165, 1.54) is 12.1 Å². The Morgan fingerprint density at radius 3 is 1.93 bits per heavy atom. The van der Waals surface area contributed by atoms with Gasteiger partial charge in [-0.15, -0.1) is 0 Å². The average Bonchev–Trinajstić information content (AvgIpc) is 2.98. The molecule has 0 fully saturated rings. The van der Waals surface area contributed by atoms with E-state index in [1.807, 2.05) is 81.4 Å². The molecule has 4 aromatic rings. The molecule has 0 saturated heterocycles. The fourth-order valence-electron chi connectivity index (χ4n) is 4.10. The zero-order valence-electron chi connectivity index (χ0n) is 23.3. The first kappa shape index (κ1) is 29.1. The fraction of sp³-hybridized carbons (Fsp3) is 0.206. The molecular weight excluding hydrogens is 518 g/mol. The number of carboxylic acid groups (broad SMARTS) is 1. The number of carbonyl (C=O) groups is 3. The summed E-state index contributed by atoms with van der Waals surface area (Å²) in [6.07, 6.45) is 0. The minimum Gasteiger partial charge on any atom is -0.489 e. The van der Waals surface area contributed by atoms with Crippen molar-refractivity contribution >= 4 is 17.8 Å². The van der Waals surface area contributed by atoms with E-state index in [0.717, 1.165) is 11.1 Å². The summed E-state index contributed by atoms with van der Waals surface area (Å²) in [6.45, 7) is 6.75. The highest BCUT2D eigenvalue weighted by Crippen LogP contribution is 2.32. The van der Waals surface area contributed by atoms with Crippen LogP contribution in [0.3, 0.4) is 0 Å². The second kappa shape index (κ2) is 13.0. The van der Waals surface area contributed by atoms with Gasteiger partial charge in [-0.1, -0.05) is 87.5 Å². The van der Waals surface area contributed by atoms with Crippen molar-refractivity contribution in [2.45, 2.75) is 34.0 Å². The maximum Gasteiger partial charge on any atom is 0.339 e. The Kier molecular flexibility index (Phi) is 9.19. The summed E-state index contributed by atoms with van der Waals surface area (Å²) in [5.74, 6) is -1.82. The highest BCUT2D eigenvalue weighted by Gasteiger charge is 2.23. The standard InChI is InChI=1S/C34H33NO6/c1-34(2,3)22-35-31(36)25-14-16-28(30(18-25)33(39)41-21-24-12-8-5-9-13-24)27-17-15-26(19-29(27)32(37)38)40-20-23-10-6-4-7-11-23/h4-19H,20-22H2,1-3H3,(H,35,36)(H,37,38). The molecule has 41 heavy (non-hydrogen) atoms. The molecule has 0 aromatic heterocycles. The van der Waals surface area contributed by atoms with Crippen molar-refractivity contribution in [1.29, 1.82) is 0 Å². The van der Waals surface area contributed by atoms with E-state index < -0.39 is 11.9 Å². The highest BCUT2D eigenvalue weighted by molar-refractivity contribution is 6.05. The van der Waals surface area contributed by atoms with Gasteiger partial charge in [-0.05, 0) is 58.0 Å². The summed E-state index contributed by atoms with van der Waals surface area (Å²) < 4.78 is 11.4. The Morgan fingerprint density at radius 2 is 1.32 bits per heavy atom. The molecule has 7 heteroatoms.